The third-order valence-electron chi connectivity index (χ3n) is 10.1. The second-order valence-electron chi connectivity index (χ2n) is 13.2. The van der Waals surface area contributed by atoms with E-state index in [4.69, 9.17) is 32.7 Å². The number of fused-ring (bicyclic) bond motifs is 1. The summed E-state index contributed by atoms with van der Waals surface area (Å²) in [6, 6.07) is 2.51. The number of carbonyl (C=O) groups excluding carboxylic acids is 3. The van der Waals surface area contributed by atoms with Crippen LogP contribution in [0.2, 0.25) is 5.02 Å². The predicted molar refractivity (Wildman–Crippen MR) is 161 cm³/mol. The van der Waals surface area contributed by atoms with Crippen molar-refractivity contribution in [2.45, 2.75) is 70.4 Å². The summed E-state index contributed by atoms with van der Waals surface area (Å²) in [4.78, 5) is 44.2. The molecule has 2 aliphatic heterocycles. The molecule has 4 atom stereocenters. The highest BCUT2D eigenvalue weighted by atomic mass is 35.5. The first-order chi connectivity index (χ1) is 21.2. The minimum Gasteiger partial charge on any atom is -0.487 e. The minimum absolute atomic E-state index is 0.0104. The number of alkyl halides is 2. The fourth-order valence-corrected chi connectivity index (χ4v) is 7.58. The van der Waals surface area contributed by atoms with Gasteiger partial charge in [0, 0.05) is 43.7 Å². The maximum absolute atomic E-state index is 14.6. The topological polar surface area (TPSA) is 152 Å². The van der Waals surface area contributed by atoms with Crippen LogP contribution in [0.3, 0.4) is 0 Å². The van der Waals surface area contributed by atoms with Crippen LogP contribution >= 0.6 is 11.6 Å². The maximum atomic E-state index is 14.6. The number of hydrogen-bond acceptors (Lipinski definition) is 9. The number of halogens is 3. The molecule has 45 heavy (non-hydrogen) atoms. The van der Waals surface area contributed by atoms with Gasteiger partial charge in [0.1, 0.15) is 18.1 Å². The van der Waals surface area contributed by atoms with E-state index < -0.39 is 48.2 Å². The molecule has 1 spiro atoms. The number of nitrogens with two attached hydrogens (primary N) is 2. The van der Waals surface area contributed by atoms with Crippen molar-refractivity contribution in [1.29, 1.82) is 0 Å². The van der Waals surface area contributed by atoms with Crippen LogP contribution in [-0.4, -0.2) is 90.6 Å². The largest absolute Gasteiger partial charge is 0.487 e. The average Bonchev–Trinajstić information content (AvgIpc) is 3.67. The first-order valence-electron chi connectivity index (χ1n) is 15.2. The Kier molecular flexibility index (Phi) is 9.27. The van der Waals surface area contributed by atoms with Gasteiger partial charge in [0.25, 0.3) is 6.43 Å². The number of likely N-dealkylation sites (tertiary alicyclic amines) is 1. The molecule has 2 amide bonds. The lowest BCUT2D eigenvalue weighted by molar-refractivity contribution is -0.168. The zero-order chi connectivity index (χ0) is 32.8. The molecular formula is C31H42ClF2N5O6. The van der Waals surface area contributed by atoms with Gasteiger partial charge in [0.15, 0.2) is 0 Å². The van der Waals surface area contributed by atoms with Crippen molar-refractivity contribution in [2.75, 3.05) is 40.4 Å². The quantitative estimate of drug-likeness (QED) is 0.208. The van der Waals surface area contributed by atoms with Gasteiger partial charge in [0.05, 0.1) is 36.3 Å². The molecule has 0 bridgehead atoms. The van der Waals surface area contributed by atoms with Crippen LogP contribution in [0.1, 0.15) is 62.6 Å². The number of benzene rings is 1. The fourth-order valence-electron chi connectivity index (χ4n) is 7.32. The van der Waals surface area contributed by atoms with Crippen molar-refractivity contribution < 1.29 is 37.7 Å². The van der Waals surface area contributed by atoms with Gasteiger partial charge in [-0.15, -0.1) is 0 Å². The highest BCUT2D eigenvalue weighted by molar-refractivity contribution is 6.31. The summed E-state index contributed by atoms with van der Waals surface area (Å²) < 4.78 is 38.5. The molecule has 1 aromatic carbocycles. The number of esters is 1. The summed E-state index contributed by atoms with van der Waals surface area (Å²) in [7, 11) is 2.53. The van der Waals surface area contributed by atoms with E-state index in [2.05, 4.69) is 0 Å². The Balaban J connectivity index is 1.55. The number of aliphatic hydroxyl groups excluding tert-OH is 1. The molecule has 1 saturated heterocycles. The van der Waals surface area contributed by atoms with Crippen molar-refractivity contribution in [2.24, 2.45) is 28.3 Å². The van der Waals surface area contributed by atoms with Crippen molar-refractivity contribution in [3.63, 3.8) is 0 Å². The van der Waals surface area contributed by atoms with E-state index >= 15 is 0 Å². The van der Waals surface area contributed by atoms with Crippen LogP contribution in [-0.2, 0) is 25.5 Å². The number of allylic oxidation sites excluding steroid dienone is 1. The van der Waals surface area contributed by atoms with Crippen LogP contribution in [0.25, 0.3) is 0 Å². The molecule has 2 heterocycles. The van der Waals surface area contributed by atoms with E-state index in [-0.39, 0.29) is 54.6 Å². The van der Waals surface area contributed by atoms with Gasteiger partial charge >= 0.3 is 5.97 Å². The summed E-state index contributed by atoms with van der Waals surface area (Å²) in [6.45, 7) is 2.23. The normalized spacial score (nSPS) is 27.8. The number of rotatable bonds is 9. The van der Waals surface area contributed by atoms with Crippen molar-refractivity contribution in [3.05, 3.63) is 39.7 Å². The van der Waals surface area contributed by atoms with Gasteiger partial charge in [-0.3, -0.25) is 14.4 Å². The van der Waals surface area contributed by atoms with E-state index in [0.717, 1.165) is 17.9 Å². The van der Waals surface area contributed by atoms with Crippen LogP contribution in [0, 0.1) is 16.7 Å². The molecule has 1 aromatic rings. The van der Waals surface area contributed by atoms with E-state index in [1.54, 1.807) is 28.9 Å². The molecule has 5 rings (SSSR count). The van der Waals surface area contributed by atoms with Gasteiger partial charge in [-0.1, -0.05) is 11.6 Å². The van der Waals surface area contributed by atoms with Crippen LogP contribution in [0.15, 0.2) is 23.5 Å². The molecule has 11 nitrogen and oxygen atoms in total. The number of nitrogens with zero attached hydrogens (tertiary/aromatic N) is 3. The van der Waals surface area contributed by atoms with Crippen molar-refractivity contribution in [3.8, 4) is 5.75 Å². The van der Waals surface area contributed by atoms with E-state index in [1.807, 2.05) is 0 Å². The molecule has 0 aromatic heterocycles. The van der Waals surface area contributed by atoms with Gasteiger partial charge in [-0.2, -0.15) is 0 Å². The highest BCUT2D eigenvalue weighted by Gasteiger charge is 2.54. The molecule has 4 aliphatic rings. The smallest absolute Gasteiger partial charge is 0.312 e. The lowest BCUT2D eigenvalue weighted by Gasteiger charge is -2.46. The molecular weight excluding hydrogens is 612 g/mol. The fraction of sp³-hybridized carbons (Fsp3) is 0.645. The highest BCUT2D eigenvalue weighted by Crippen LogP contribution is 2.54. The van der Waals surface area contributed by atoms with Gasteiger partial charge in [-0.05, 0) is 68.6 Å². The Morgan fingerprint density at radius 3 is 2.58 bits per heavy atom. The Morgan fingerprint density at radius 1 is 1.27 bits per heavy atom. The molecule has 5 N–H and O–H groups in total. The first kappa shape index (κ1) is 33.2. The zero-order valence-corrected chi connectivity index (χ0v) is 26.6. The first-order valence-corrected chi connectivity index (χ1v) is 15.6. The molecule has 2 saturated carbocycles. The Hall–Kier alpha value is -3.16. The number of ether oxygens (including phenoxy) is 2. The number of amides is 2. The number of hydrogen-bond donors (Lipinski definition) is 3. The molecule has 3 fully saturated rings. The molecule has 0 unspecified atom stereocenters. The van der Waals surface area contributed by atoms with Gasteiger partial charge in [-0.25, -0.2) is 14.6 Å². The summed E-state index contributed by atoms with van der Waals surface area (Å²) in [5.41, 5.74) is 5.21. The van der Waals surface area contributed by atoms with Crippen LogP contribution in [0.5, 0.6) is 5.75 Å². The lowest BCUT2D eigenvalue weighted by Crippen LogP contribution is -2.54. The Bertz CT molecular complexity index is 1380. The molecule has 248 valence electrons. The summed E-state index contributed by atoms with van der Waals surface area (Å²) in [6.07, 6.45) is -0.289. The lowest BCUT2D eigenvalue weighted by atomic mass is 9.65. The number of methoxy groups -OCH3 is 1. The summed E-state index contributed by atoms with van der Waals surface area (Å²) in [5, 5.41) is 11.8. The van der Waals surface area contributed by atoms with Crippen molar-refractivity contribution >= 4 is 29.4 Å². The third kappa shape index (κ3) is 6.31. The van der Waals surface area contributed by atoms with E-state index in [9.17, 15) is 28.3 Å². The summed E-state index contributed by atoms with van der Waals surface area (Å²) >= 11 is 6.69. The second kappa shape index (κ2) is 12.6. The zero-order valence-electron chi connectivity index (χ0n) is 25.9. The van der Waals surface area contributed by atoms with E-state index in [1.165, 1.54) is 14.2 Å². The number of carbonyl (C=O) groups is 3. The van der Waals surface area contributed by atoms with Gasteiger partial charge < -0.3 is 35.1 Å². The minimum atomic E-state index is -2.94. The van der Waals surface area contributed by atoms with Crippen LogP contribution in [0.4, 0.5) is 8.78 Å². The van der Waals surface area contributed by atoms with Gasteiger partial charge in [0.2, 0.25) is 11.8 Å². The third-order valence-corrected chi connectivity index (χ3v) is 10.5. The molecule has 14 heteroatoms. The predicted octanol–water partition coefficient (Wildman–Crippen LogP) is 2.74. The van der Waals surface area contributed by atoms with E-state index in [0.29, 0.717) is 42.0 Å². The second-order valence-corrected chi connectivity index (χ2v) is 13.6. The maximum Gasteiger partial charge on any atom is 0.312 e. The standard InChI is InChI=1S/C31H42ClF2N5O6/c1-30(29(43)44-3)8-6-17(40)12-19(30)28(42)39-11-7-18-20(32)4-5-23(45-15-21(35)26(27(33)34)37(2)36)25(18)22(39)14-38-16-31(9-10-31)13-24(38)41/h4-5,17,19,22,27,40H,6-16,35-36H2,1-3H3/b26-21-/t17-,19+,22-,30+/m1/s1. The Morgan fingerprint density at radius 2 is 1.98 bits per heavy atom. The SMILES string of the molecule is COC(=O)[C@@]1(C)CC[C@@H](O)C[C@H]1C(=O)N1CCc2c(Cl)ccc(OC/C(N)=C(\C(F)F)N(C)N)c2[C@H]1CN1CC2(CC2)CC1=O. The number of aliphatic hydroxyl groups is 1. The number of hydrazine groups is 1. The average molecular weight is 654 g/mol. The van der Waals surface area contributed by atoms with Crippen LogP contribution < -0.4 is 16.3 Å². The summed E-state index contributed by atoms with van der Waals surface area (Å²) in [5.74, 6) is 4.10. The molecule has 0 radical (unpaired) electrons. The van der Waals surface area contributed by atoms with Crippen molar-refractivity contribution in [1.82, 2.24) is 14.8 Å². The monoisotopic (exact) mass is 653 g/mol. The molecule has 2 aliphatic carbocycles. The Labute approximate surface area is 266 Å².